The van der Waals surface area contributed by atoms with Crippen LogP contribution in [0.1, 0.15) is 5.56 Å². The highest BCUT2D eigenvalue weighted by Gasteiger charge is 2.33. The van der Waals surface area contributed by atoms with Gasteiger partial charge >= 0.3 is 0 Å². The number of carbonyl (C=O) groups excluding carboxylic acids is 1. The quantitative estimate of drug-likeness (QED) is 0.268. The second-order valence-corrected chi connectivity index (χ2v) is 7.93. The Morgan fingerprint density at radius 2 is 1.92 bits per heavy atom. The fraction of sp³-hybridized carbons (Fsp3) is 0. The fourth-order valence-corrected chi connectivity index (χ4v) is 4.01. The molecule has 1 amide bonds. The highest BCUT2D eigenvalue weighted by molar-refractivity contribution is 9.10. The summed E-state index contributed by atoms with van der Waals surface area (Å²) in [5, 5.41) is 11.6. The molecule has 1 aliphatic heterocycles. The van der Waals surface area contributed by atoms with E-state index < -0.39 is 4.92 Å². The Morgan fingerprint density at radius 1 is 1.24 bits per heavy atom. The maximum Gasteiger partial charge on any atom is 0.284 e. The molecule has 1 saturated heterocycles. The van der Waals surface area contributed by atoms with Crippen LogP contribution in [0.25, 0.3) is 6.08 Å². The lowest BCUT2D eigenvalue weighted by molar-refractivity contribution is -0.385. The Balaban J connectivity index is 1.94. The number of halogens is 2. The van der Waals surface area contributed by atoms with Gasteiger partial charge in [0.25, 0.3) is 11.6 Å². The minimum Gasteiger partial charge on any atom is -0.268 e. The van der Waals surface area contributed by atoms with Crippen LogP contribution in [0, 0.1) is 10.1 Å². The average Bonchev–Trinajstić information content (AvgIpc) is 2.84. The first-order chi connectivity index (χ1) is 11.9. The van der Waals surface area contributed by atoms with Gasteiger partial charge in [-0.2, -0.15) is 0 Å². The number of carbonyl (C=O) groups is 1. The van der Waals surface area contributed by atoms with Crippen molar-refractivity contribution in [2.45, 2.75) is 0 Å². The van der Waals surface area contributed by atoms with Crippen molar-refractivity contribution < 1.29 is 9.72 Å². The van der Waals surface area contributed by atoms with E-state index in [-0.39, 0.29) is 11.6 Å². The lowest BCUT2D eigenvalue weighted by Gasteiger charge is -2.14. The zero-order valence-corrected chi connectivity index (χ0v) is 16.3. The number of hydrogen-bond donors (Lipinski definition) is 0. The molecule has 1 fully saturated rings. The average molecular weight is 456 g/mol. The van der Waals surface area contributed by atoms with Gasteiger partial charge in [0.15, 0.2) is 4.32 Å². The summed E-state index contributed by atoms with van der Waals surface area (Å²) >= 11 is 15.4. The van der Waals surface area contributed by atoms with E-state index >= 15 is 0 Å². The Morgan fingerprint density at radius 3 is 2.56 bits per heavy atom. The molecule has 1 heterocycles. The van der Waals surface area contributed by atoms with Crippen LogP contribution in [0.3, 0.4) is 0 Å². The van der Waals surface area contributed by atoms with E-state index in [2.05, 4.69) is 15.9 Å². The number of amides is 1. The molecule has 0 radical (unpaired) electrons. The molecule has 0 atom stereocenters. The van der Waals surface area contributed by atoms with E-state index in [4.69, 9.17) is 23.8 Å². The molecule has 5 nitrogen and oxygen atoms in total. The Kier molecular flexibility index (Phi) is 5.24. The van der Waals surface area contributed by atoms with Gasteiger partial charge in [-0.1, -0.05) is 41.6 Å². The molecule has 2 aromatic carbocycles. The largest absolute Gasteiger partial charge is 0.284 e. The molecule has 2 aromatic rings. The van der Waals surface area contributed by atoms with Crippen molar-refractivity contribution in [1.29, 1.82) is 0 Å². The molecule has 1 aliphatic rings. The molecule has 0 unspecified atom stereocenters. The SMILES string of the molecule is O=C1/C(=C\c2ccc(Br)c([N+](=O)[O-])c2)SC(=S)N1c1ccc(Cl)cc1. The maximum absolute atomic E-state index is 12.7. The standard InChI is InChI=1S/C16H8BrClN2O3S2/c17-12-6-1-9(7-13(12)20(22)23)8-14-15(21)19(16(24)25-14)11-4-2-10(18)3-5-11/h1-8H/b14-8+. The van der Waals surface area contributed by atoms with Crippen molar-refractivity contribution >= 4 is 79.2 Å². The number of thiocarbonyl (C=S) groups is 1. The van der Waals surface area contributed by atoms with Gasteiger partial charge in [0.1, 0.15) is 0 Å². The molecule has 0 aromatic heterocycles. The monoisotopic (exact) mass is 454 g/mol. The van der Waals surface area contributed by atoms with Crippen LogP contribution in [0.5, 0.6) is 0 Å². The summed E-state index contributed by atoms with van der Waals surface area (Å²) in [6, 6.07) is 11.4. The number of anilines is 1. The Bertz CT molecular complexity index is 931. The minimum absolute atomic E-state index is 0.0677. The minimum atomic E-state index is -0.486. The van der Waals surface area contributed by atoms with Gasteiger partial charge in [0, 0.05) is 11.1 Å². The highest BCUT2D eigenvalue weighted by Crippen LogP contribution is 2.37. The van der Waals surface area contributed by atoms with E-state index in [1.54, 1.807) is 42.5 Å². The van der Waals surface area contributed by atoms with Gasteiger partial charge in [0.05, 0.1) is 20.0 Å². The molecular formula is C16H8BrClN2O3S2. The van der Waals surface area contributed by atoms with Crippen molar-refractivity contribution in [3.05, 3.63) is 72.5 Å². The van der Waals surface area contributed by atoms with Gasteiger partial charge < -0.3 is 0 Å². The first-order valence-electron chi connectivity index (χ1n) is 6.84. The molecule has 9 heteroatoms. The number of nitro benzene ring substituents is 1. The number of rotatable bonds is 3. The molecule has 3 rings (SSSR count). The smallest absolute Gasteiger partial charge is 0.268 e. The van der Waals surface area contributed by atoms with E-state index in [0.717, 1.165) is 11.8 Å². The van der Waals surface area contributed by atoms with Crippen LogP contribution in [0.2, 0.25) is 5.02 Å². The van der Waals surface area contributed by atoms with Crippen LogP contribution in [-0.2, 0) is 4.79 Å². The molecule has 0 saturated carbocycles. The summed E-state index contributed by atoms with van der Waals surface area (Å²) in [5.41, 5.74) is 1.10. The number of nitro groups is 1. The predicted molar refractivity (Wildman–Crippen MR) is 108 cm³/mol. The maximum atomic E-state index is 12.7. The number of nitrogens with zero attached hydrogens (tertiary/aromatic N) is 2. The van der Waals surface area contributed by atoms with Crippen molar-refractivity contribution in [2.24, 2.45) is 0 Å². The zero-order valence-electron chi connectivity index (χ0n) is 12.3. The highest BCUT2D eigenvalue weighted by atomic mass is 79.9. The van der Waals surface area contributed by atoms with Crippen LogP contribution < -0.4 is 4.90 Å². The molecule has 0 spiro atoms. The summed E-state index contributed by atoms with van der Waals surface area (Å²) in [5.74, 6) is -0.275. The van der Waals surface area contributed by atoms with Crippen LogP contribution in [-0.4, -0.2) is 15.2 Å². The Hall–Kier alpha value is -1.74. The summed E-state index contributed by atoms with van der Waals surface area (Å²) in [6.45, 7) is 0. The number of hydrogen-bond acceptors (Lipinski definition) is 5. The zero-order chi connectivity index (χ0) is 18.1. The third kappa shape index (κ3) is 3.77. The predicted octanol–water partition coefficient (Wildman–Crippen LogP) is 5.42. The van der Waals surface area contributed by atoms with Gasteiger partial charge in [-0.3, -0.25) is 19.8 Å². The van der Waals surface area contributed by atoms with Gasteiger partial charge in [-0.25, -0.2) is 0 Å². The van der Waals surface area contributed by atoms with E-state index in [1.807, 2.05) is 0 Å². The second-order valence-electron chi connectivity index (χ2n) is 4.96. The first kappa shape index (κ1) is 18.1. The second kappa shape index (κ2) is 7.25. The van der Waals surface area contributed by atoms with E-state index in [1.165, 1.54) is 11.0 Å². The van der Waals surface area contributed by atoms with Crippen molar-refractivity contribution in [2.75, 3.05) is 4.90 Å². The topological polar surface area (TPSA) is 63.4 Å². The third-order valence-electron chi connectivity index (χ3n) is 3.34. The summed E-state index contributed by atoms with van der Waals surface area (Å²) in [4.78, 5) is 25.0. The van der Waals surface area contributed by atoms with Crippen molar-refractivity contribution in [3.8, 4) is 0 Å². The molecule has 0 N–H and O–H groups in total. The lowest BCUT2D eigenvalue weighted by atomic mass is 10.2. The van der Waals surface area contributed by atoms with Gasteiger partial charge in [-0.15, -0.1) is 0 Å². The summed E-state index contributed by atoms with van der Waals surface area (Å²) < 4.78 is 0.772. The summed E-state index contributed by atoms with van der Waals surface area (Å²) in [7, 11) is 0. The van der Waals surface area contributed by atoms with E-state index in [0.29, 0.717) is 30.0 Å². The first-order valence-corrected chi connectivity index (χ1v) is 9.24. The van der Waals surface area contributed by atoms with Gasteiger partial charge in [-0.05, 0) is 57.9 Å². The molecule has 0 bridgehead atoms. The summed E-state index contributed by atoms with van der Waals surface area (Å²) in [6.07, 6.45) is 1.59. The lowest BCUT2D eigenvalue weighted by Crippen LogP contribution is -2.27. The third-order valence-corrected chi connectivity index (χ3v) is 5.57. The van der Waals surface area contributed by atoms with Crippen LogP contribution in [0.4, 0.5) is 11.4 Å². The molecule has 25 heavy (non-hydrogen) atoms. The van der Waals surface area contributed by atoms with Crippen LogP contribution >= 0.6 is 51.5 Å². The van der Waals surface area contributed by atoms with Crippen molar-refractivity contribution in [3.63, 3.8) is 0 Å². The molecule has 126 valence electrons. The van der Waals surface area contributed by atoms with E-state index in [9.17, 15) is 14.9 Å². The molecule has 0 aliphatic carbocycles. The number of benzene rings is 2. The molecular weight excluding hydrogens is 448 g/mol. The number of thioether (sulfide) groups is 1. The Labute approximate surface area is 165 Å². The normalized spacial score (nSPS) is 15.9. The fourth-order valence-electron chi connectivity index (χ4n) is 2.19. The van der Waals surface area contributed by atoms with Gasteiger partial charge in [0.2, 0.25) is 0 Å². The van der Waals surface area contributed by atoms with Crippen LogP contribution in [0.15, 0.2) is 51.8 Å². The van der Waals surface area contributed by atoms with Crippen molar-refractivity contribution in [1.82, 2.24) is 0 Å².